The Morgan fingerprint density at radius 1 is 1.30 bits per heavy atom. The Morgan fingerprint density at radius 2 is 2.05 bits per heavy atom. The molecule has 0 amide bonds. The van der Waals surface area contributed by atoms with Crippen molar-refractivity contribution < 1.29 is 14.3 Å². The minimum absolute atomic E-state index is 0.103. The molecule has 0 saturated carbocycles. The Hall–Kier alpha value is -1.66. The zero-order chi connectivity index (χ0) is 14.7. The second-order valence-electron chi connectivity index (χ2n) is 3.73. The molecule has 1 aromatic heterocycles. The summed E-state index contributed by atoms with van der Waals surface area (Å²) >= 11 is 9.25. The van der Waals surface area contributed by atoms with Crippen molar-refractivity contribution in [1.29, 1.82) is 0 Å². The molecule has 0 bridgehead atoms. The summed E-state index contributed by atoms with van der Waals surface area (Å²) in [6.45, 7) is 0. The number of carbonyl (C=O) groups is 1. The van der Waals surface area contributed by atoms with Crippen LogP contribution in [-0.4, -0.2) is 30.0 Å². The third kappa shape index (κ3) is 2.91. The van der Waals surface area contributed by atoms with Crippen molar-refractivity contribution in [3.05, 3.63) is 45.1 Å². The standard InChI is InChI=1S/C13H10BrClN2O3/c1-19-10-6-16-11(13(17-10)20-2)12(18)7-3-4-8(14)9(15)5-7/h3-6H,1-2H3. The van der Waals surface area contributed by atoms with Gasteiger partial charge in [0, 0.05) is 10.0 Å². The van der Waals surface area contributed by atoms with Crippen LogP contribution in [0.25, 0.3) is 0 Å². The first-order valence-electron chi connectivity index (χ1n) is 5.51. The monoisotopic (exact) mass is 356 g/mol. The largest absolute Gasteiger partial charge is 0.480 e. The van der Waals surface area contributed by atoms with Gasteiger partial charge in [0.2, 0.25) is 17.5 Å². The third-order valence-corrected chi connectivity index (χ3v) is 3.75. The third-order valence-electron chi connectivity index (χ3n) is 2.52. The molecule has 0 saturated heterocycles. The molecule has 1 aromatic carbocycles. The first-order chi connectivity index (χ1) is 9.56. The first kappa shape index (κ1) is 14.7. The predicted octanol–water partition coefficient (Wildman–Crippen LogP) is 3.14. The average molecular weight is 358 g/mol. The van der Waals surface area contributed by atoms with Gasteiger partial charge in [0.1, 0.15) is 0 Å². The van der Waals surface area contributed by atoms with Crippen LogP contribution < -0.4 is 9.47 Å². The van der Waals surface area contributed by atoms with E-state index in [2.05, 4.69) is 25.9 Å². The van der Waals surface area contributed by atoms with Crippen LogP contribution in [-0.2, 0) is 0 Å². The Balaban J connectivity index is 2.44. The van der Waals surface area contributed by atoms with Crippen molar-refractivity contribution in [3.63, 3.8) is 0 Å². The van der Waals surface area contributed by atoms with E-state index in [1.54, 1.807) is 18.2 Å². The number of rotatable bonds is 4. The smallest absolute Gasteiger partial charge is 0.247 e. The molecule has 0 atom stereocenters. The fraction of sp³-hybridized carbons (Fsp3) is 0.154. The van der Waals surface area contributed by atoms with Crippen molar-refractivity contribution >= 4 is 33.3 Å². The maximum atomic E-state index is 12.4. The van der Waals surface area contributed by atoms with Gasteiger partial charge in [-0.15, -0.1) is 0 Å². The van der Waals surface area contributed by atoms with Crippen molar-refractivity contribution in [2.24, 2.45) is 0 Å². The predicted molar refractivity (Wildman–Crippen MR) is 77.7 cm³/mol. The molecule has 2 aromatic rings. The Morgan fingerprint density at radius 3 is 2.65 bits per heavy atom. The number of nitrogens with zero attached hydrogens (tertiary/aromatic N) is 2. The lowest BCUT2D eigenvalue weighted by Crippen LogP contribution is -2.08. The highest BCUT2D eigenvalue weighted by Gasteiger charge is 2.19. The highest BCUT2D eigenvalue weighted by atomic mass is 79.9. The van der Waals surface area contributed by atoms with E-state index >= 15 is 0 Å². The van der Waals surface area contributed by atoms with E-state index in [9.17, 15) is 4.79 Å². The van der Waals surface area contributed by atoms with E-state index < -0.39 is 0 Å². The summed E-state index contributed by atoms with van der Waals surface area (Å²) in [5, 5.41) is 0.441. The summed E-state index contributed by atoms with van der Waals surface area (Å²) in [5.41, 5.74) is 0.502. The molecule has 0 radical (unpaired) electrons. The van der Waals surface area contributed by atoms with Crippen LogP contribution in [0.2, 0.25) is 5.02 Å². The fourth-order valence-electron chi connectivity index (χ4n) is 1.53. The zero-order valence-electron chi connectivity index (χ0n) is 10.7. The summed E-state index contributed by atoms with van der Waals surface area (Å²) in [4.78, 5) is 20.4. The van der Waals surface area contributed by atoms with Crippen molar-refractivity contribution in [2.75, 3.05) is 14.2 Å². The van der Waals surface area contributed by atoms with E-state index in [0.717, 1.165) is 0 Å². The van der Waals surface area contributed by atoms with Gasteiger partial charge in [-0.2, -0.15) is 4.98 Å². The highest BCUT2D eigenvalue weighted by Crippen LogP contribution is 2.26. The number of ether oxygens (including phenoxy) is 2. The topological polar surface area (TPSA) is 61.3 Å². The molecule has 0 aliphatic rings. The molecule has 20 heavy (non-hydrogen) atoms. The number of ketones is 1. The summed E-state index contributed by atoms with van der Waals surface area (Å²) in [7, 11) is 2.87. The lowest BCUT2D eigenvalue weighted by atomic mass is 10.1. The van der Waals surface area contributed by atoms with Crippen molar-refractivity contribution in [3.8, 4) is 11.8 Å². The quantitative estimate of drug-likeness (QED) is 0.787. The molecule has 0 aliphatic carbocycles. The summed E-state index contributed by atoms with van der Waals surface area (Å²) in [5.74, 6) is 0.0482. The zero-order valence-corrected chi connectivity index (χ0v) is 13.0. The molecule has 0 aliphatic heterocycles. The van der Waals surface area contributed by atoms with Gasteiger partial charge in [-0.3, -0.25) is 4.79 Å². The average Bonchev–Trinajstić information content (AvgIpc) is 2.48. The van der Waals surface area contributed by atoms with Crippen LogP contribution in [0.1, 0.15) is 16.1 Å². The van der Waals surface area contributed by atoms with Gasteiger partial charge in [0.05, 0.1) is 25.4 Å². The Kier molecular flexibility index (Phi) is 4.57. The van der Waals surface area contributed by atoms with Gasteiger partial charge in [0.15, 0.2) is 5.69 Å². The number of halogens is 2. The Labute approximate surface area is 129 Å². The van der Waals surface area contributed by atoms with Crippen molar-refractivity contribution in [2.45, 2.75) is 0 Å². The maximum absolute atomic E-state index is 12.4. The van der Waals surface area contributed by atoms with Gasteiger partial charge >= 0.3 is 0 Å². The van der Waals surface area contributed by atoms with Crippen LogP contribution in [0.4, 0.5) is 0 Å². The summed E-state index contributed by atoms with van der Waals surface area (Å²) in [6, 6.07) is 4.89. The normalized spacial score (nSPS) is 10.2. The van der Waals surface area contributed by atoms with Gasteiger partial charge in [-0.05, 0) is 34.1 Å². The molecule has 5 nitrogen and oxygen atoms in total. The fourth-order valence-corrected chi connectivity index (χ4v) is 1.95. The molecule has 1 heterocycles. The molecular weight excluding hydrogens is 348 g/mol. The minimum atomic E-state index is -0.327. The number of benzene rings is 1. The maximum Gasteiger partial charge on any atom is 0.247 e. The molecule has 7 heteroatoms. The number of aromatic nitrogens is 2. The lowest BCUT2D eigenvalue weighted by Gasteiger charge is -2.07. The molecular formula is C13H10BrClN2O3. The molecule has 0 unspecified atom stereocenters. The first-order valence-corrected chi connectivity index (χ1v) is 6.68. The minimum Gasteiger partial charge on any atom is -0.480 e. The molecule has 104 valence electrons. The molecule has 0 N–H and O–H groups in total. The van der Waals surface area contributed by atoms with Crippen molar-refractivity contribution in [1.82, 2.24) is 9.97 Å². The number of methoxy groups -OCH3 is 2. The van der Waals surface area contributed by atoms with E-state index in [4.69, 9.17) is 21.1 Å². The van der Waals surface area contributed by atoms with Crippen LogP contribution in [0, 0.1) is 0 Å². The van der Waals surface area contributed by atoms with E-state index in [0.29, 0.717) is 15.1 Å². The number of hydrogen-bond acceptors (Lipinski definition) is 5. The van der Waals surface area contributed by atoms with Crippen LogP contribution >= 0.6 is 27.5 Å². The molecule has 0 fully saturated rings. The van der Waals surface area contributed by atoms with Gasteiger partial charge in [0.25, 0.3) is 0 Å². The van der Waals surface area contributed by atoms with Gasteiger partial charge in [-0.25, -0.2) is 4.98 Å². The SMILES string of the molecule is COc1cnc(C(=O)c2ccc(Br)c(Cl)c2)c(OC)n1. The molecule has 0 spiro atoms. The van der Waals surface area contributed by atoms with Gasteiger partial charge < -0.3 is 9.47 Å². The van der Waals surface area contributed by atoms with E-state index in [1.165, 1.54) is 20.4 Å². The second kappa shape index (κ2) is 6.19. The van der Waals surface area contributed by atoms with Crippen LogP contribution in [0.3, 0.4) is 0 Å². The summed E-state index contributed by atoms with van der Waals surface area (Å²) in [6.07, 6.45) is 1.36. The summed E-state index contributed by atoms with van der Waals surface area (Å²) < 4.78 is 10.7. The molecule has 2 rings (SSSR count). The number of carbonyl (C=O) groups excluding carboxylic acids is 1. The lowest BCUT2D eigenvalue weighted by molar-refractivity contribution is 0.103. The van der Waals surface area contributed by atoms with Gasteiger partial charge in [-0.1, -0.05) is 11.6 Å². The van der Waals surface area contributed by atoms with Crippen LogP contribution in [0.5, 0.6) is 11.8 Å². The van der Waals surface area contributed by atoms with E-state index in [-0.39, 0.29) is 23.2 Å². The Bertz CT molecular complexity index is 664. The second-order valence-corrected chi connectivity index (χ2v) is 4.99. The van der Waals surface area contributed by atoms with E-state index in [1.807, 2.05) is 0 Å². The number of hydrogen-bond donors (Lipinski definition) is 0. The van der Waals surface area contributed by atoms with Crippen LogP contribution in [0.15, 0.2) is 28.9 Å². The highest BCUT2D eigenvalue weighted by molar-refractivity contribution is 9.10.